The van der Waals surface area contributed by atoms with Gasteiger partial charge in [0.2, 0.25) is 5.91 Å². The molecule has 2 aliphatic rings. The second kappa shape index (κ2) is 10.6. The van der Waals surface area contributed by atoms with Crippen molar-refractivity contribution in [2.45, 2.75) is 57.7 Å². The number of nitrogens with zero attached hydrogens (tertiary/aromatic N) is 3. The molecule has 1 amide bonds. The molecule has 2 atom stereocenters. The van der Waals surface area contributed by atoms with Crippen LogP contribution in [0.2, 0.25) is 0 Å². The molecule has 28 heavy (non-hydrogen) atoms. The molecule has 2 unspecified atom stereocenters. The summed E-state index contributed by atoms with van der Waals surface area (Å²) in [6.45, 7) is 7.45. The summed E-state index contributed by atoms with van der Waals surface area (Å²) in [4.78, 5) is 31.9. The molecule has 0 aromatic carbocycles. The summed E-state index contributed by atoms with van der Waals surface area (Å²) in [6, 6.07) is 4.63. The van der Waals surface area contributed by atoms with Crippen molar-refractivity contribution in [1.29, 1.82) is 0 Å². The van der Waals surface area contributed by atoms with Gasteiger partial charge in [-0.15, -0.1) is 23.7 Å². The van der Waals surface area contributed by atoms with Crippen molar-refractivity contribution in [3.8, 4) is 0 Å². The van der Waals surface area contributed by atoms with Crippen molar-refractivity contribution >= 4 is 35.6 Å². The first-order valence-electron chi connectivity index (χ1n) is 10.0. The van der Waals surface area contributed by atoms with E-state index in [1.54, 1.807) is 11.3 Å². The third kappa shape index (κ3) is 5.26. The van der Waals surface area contributed by atoms with Crippen molar-refractivity contribution in [1.82, 2.24) is 14.7 Å². The van der Waals surface area contributed by atoms with Gasteiger partial charge in [-0.25, -0.2) is 0 Å². The summed E-state index contributed by atoms with van der Waals surface area (Å²) in [5, 5.41) is 11.2. The summed E-state index contributed by atoms with van der Waals surface area (Å²) < 4.78 is 0. The number of halogens is 1. The Morgan fingerprint density at radius 1 is 1.29 bits per heavy atom. The maximum absolute atomic E-state index is 13.2. The van der Waals surface area contributed by atoms with Crippen LogP contribution in [0.1, 0.15) is 50.4 Å². The highest BCUT2D eigenvalue weighted by Gasteiger charge is 2.36. The second-order valence-electron chi connectivity index (χ2n) is 7.61. The molecule has 3 heterocycles. The fourth-order valence-electron chi connectivity index (χ4n) is 4.51. The number of thiophene rings is 1. The molecule has 0 radical (unpaired) electrons. The molecule has 2 saturated heterocycles. The van der Waals surface area contributed by atoms with Crippen LogP contribution >= 0.6 is 23.7 Å². The van der Waals surface area contributed by atoms with Gasteiger partial charge in [-0.2, -0.15) is 0 Å². The van der Waals surface area contributed by atoms with Gasteiger partial charge in [-0.3, -0.25) is 19.4 Å². The van der Waals surface area contributed by atoms with E-state index in [4.69, 9.17) is 5.11 Å². The lowest BCUT2D eigenvalue weighted by Gasteiger charge is -2.40. The number of piperidine rings is 1. The first-order valence-corrected chi connectivity index (χ1v) is 10.9. The molecular weight excluding hydrogens is 398 g/mol. The molecule has 2 aliphatic heterocycles. The van der Waals surface area contributed by atoms with Crippen LogP contribution < -0.4 is 0 Å². The summed E-state index contributed by atoms with van der Waals surface area (Å²) in [5.74, 6) is -0.529. The van der Waals surface area contributed by atoms with Crippen LogP contribution in [0.15, 0.2) is 17.5 Å². The van der Waals surface area contributed by atoms with Crippen LogP contribution in [0.25, 0.3) is 0 Å². The molecule has 0 aliphatic carbocycles. The van der Waals surface area contributed by atoms with Crippen molar-refractivity contribution in [2.75, 3.05) is 32.7 Å². The average molecular weight is 430 g/mol. The minimum absolute atomic E-state index is 0. The van der Waals surface area contributed by atoms with Crippen LogP contribution in [0.5, 0.6) is 0 Å². The number of likely N-dealkylation sites (N-methyl/N-ethyl adjacent to an activating group) is 1. The molecule has 8 heteroatoms. The third-order valence-corrected chi connectivity index (χ3v) is 7.05. The van der Waals surface area contributed by atoms with Crippen LogP contribution in [-0.2, 0) is 9.59 Å². The highest BCUT2D eigenvalue weighted by molar-refractivity contribution is 7.10. The quantitative estimate of drug-likeness (QED) is 0.721. The predicted octanol–water partition coefficient (Wildman–Crippen LogP) is 3.09. The zero-order valence-electron chi connectivity index (χ0n) is 16.7. The highest BCUT2D eigenvalue weighted by atomic mass is 35.5. The Hall–Kier alpha value is -1.15. The van der Waals surface area contributed by atoms with Crippen molar-refractivity contribution < 1.29 is 14.7 Å². The van der Waals surface area contributed by atoms with Gasteiger partial charge in [0, 0.05) is 30.6 Å². The zero-order valence-corrected chi connectivity index (χ0v) is 18.4. The van der Waals surface area contributed by atoms with Gasteiger partial charge in [-0.1, -0.05) is 13.0 Å². The first-order chi connectivity index (χ1) is 13.0. The molecule has 3 rings (SSSR count). The Bertz CT molecular complexity index is 635. The van der Waals surface area contributed by atoms with E-state index in [1.165, 1.54) is 4.88 Å². The number of carbonyl (C=O) groups excluding carboxylic acids is 1. The third-order valence-electron chi connectivity index (χ3n) is 6.07. The van der Waals surface area contributed by atoms with E-state index in [1.807, 2.05) is 18.7 Å². The van der Waals surface area contributed by atoms with Crippen LogP contribution in [0, 0.1) is 0 Å². The Morgan fingerprint density at radius 2 is 2.00 bits per heavy atom. The Morgan fingerprint density at radius 3 is 2.57 bits per heavy atom. The van der Waals surface area contributed by atoms with Gasteiger partial charge in [0.25, 0.3) is 0 Å². The molecule has 0 saturated carbocycles. The summed E-state index contributed by atoms with van der Waals surface area (Å²) in [7, 11) is 0. The van der Waals surface area contributed by atoms with Gasteiger partial charge in [0.1, 0.15) is 0 Å². The summed E-state index contributed by atoms with van der Waals surface area (Å²) in [5.41, 5.74) is 0. The number of hydrogen-bond acceptors (Lipinski definition) is 5. The number of amides is 1. The summed E-state index contributed by atoms with van der Waals surface area (Å²) in [6.07, 6.45) is 3.98. The highest BCUT2D eigenvalue weighted by Crippen LogP contribution is 2.35. The second-order valence-corrected chi connectivity index (χ2v) is 8.58. The fraction of sp³-hybridized carbons (Fsp3) is 0.700. The van der Waals surface area contributed by atoms with Crippen LogP contribution in [-0.4, -0.2) is 76.5 Å². The van der Waals surface area contributed by atoms with E-state index in [9.17, 15) is 9.59 Å². The molecule has 0 bridgehead atoms. The van der Waals surface area contributed by atoms with Gasteiger partial charge in [-0.05, 0) is 50.6 Å². The molecule has 1 aromatic rings. The minimum atomic E-state index is -0.767. The Kier molecular flexibility index (Phi) is 8.74. The average Bonchev–Trinajstić information content (AvgIpc) is 3.36. The van der Waals surface area contributed by atoms with E-state index in [0.29, 0.717) is 6.04 Å². The SMILES string of the molecule is CCN(CC(=O)O)C1CCN(C(C)C(=O)N2CCCC2c2cccs2)CC1.Cl. The van der Waals surface area contributed by atoms with Gasteiger partial charge < -0.3 is 10.0 Å². The van der Waals surface area contributed by atoms with Crippen molar-refractivity contribution in [3.05, 3.63) is 22.4 Å². The molecule has 158 valence electrons. The monoisotopic (exact) mass is 429 g/mol. The van der Waals surface area contributed by atoms with Gasteiger partial charge in [0.05, 0.1) is 18.6 Å². The fourth-order valence-corrected chi connectivity index (χ4v) is 5.39. The number of aliphatic carboxylic acids is 1. The Labute approximate surface area is 177 Å². The molecule has 0 spiro atoms. The molecule has 1 aromatic heterocycles. The maximum Gasteiger partial charge on any atom is 0.317 e. The maximum atomic E-state index is 13.2. The van der Waals surface area contributed by atoms with E-state index in [2.05, 4.69) is 27.3 Å². The van der Waals surface area contributed by atoms with E-state index >= 15 is 0 Å². The van der Waals surface area contributed by atoms with Crippen molar-refractivity contribution in [3.63, 3.8) is 0 Å². The molecule has 1 N–H and O–H groups in total. The smallest absolute Gasteiger partial charge is 0.317 e. The van der Waals surface area contributed by atoms with E-state index in [-0.39, 0.29) is 36.9 Å². The number of carboxylic acid groups (broad SMARTS) is 1. The lowest BCUT2D eigenvalue weighted by atomic mass is 10.0. The largest absolute Gasteiger partial charge is 0.480 e. The van der Waals surface area contributed by atoms with Crippen LogP contribution in [0.3, 0.4) is 0 Å². The number of carboxylic acids is 1. The summed E-state index contributed by atoms with van der Waals surface area (Å²) >= 11 is 1.74. The molecular formula is C20H32ClN3O3S. The number of likely N-dealkylation sites (tertiary alicyclic amines) is 2. The zero-order chi connectivity index (χ0) is 19.4. The van der Waals surface area contributed by atoms with Gasteiger partial charge in [0.15, 0.2) is 0 Å². The topological polar surface area (TPSA) is 64.1 Å². The number of rotatable bonds is 7. The minimum Gasteiger partial charge on any atom is -0.480 e. The number of hydrogen-bond donors (Lipinski definition) is 1. The lowest BCUT2D eigenvalue weighted by Crippen LogP contribution is -2.52. The van der Waals surface area contributed by atoms with E-state index < -0.39 is 5.97 Å². The normalized spacial score (nSPS) is 22.2. The van der Waals surface area contributed by atoms with E-state index in [0.717, 1.165) is 51.9 Å². The number of carbonyl (C=O) groups is 2. The first kappa shape index (κ1) is 23.1. The molecule has 6 nitrogen and oxygen atoms in total. The Balaban J connectivity index is 0.00000280. The van der Waals surface area contributed by atoms with Gasteiger partial charge >= 0.3 is 5.97 Å². The predicted molar refractivity (Wildman–Crippen MR) is 114 cm³/mol. The van der Waals surface area contributed by atoms with Crippen molar-refractivity contribution in [2.24, 2.45) is 0 Å². The standard InChI is InChI=1S/C20H31N3O3S.ClH/c1-3-21(14-19(24)25)16-8-11-22(12-9-16)15(2)20(26)23-10-4-6-17(23)18-7-5-13-27-18;/h5,7,13,15-17H,3-4,6,8-12,14H2,1-2H3,(H,24,25);1H. The van der Waals surface area contributed by atoms with Crippen LogP contribution in [0.4, 0.5) is 0 Å². The lowest BCUT2D eigenvalue weighted by molar-refractivity contribution is -0.139. The molecule has 2 fully saturated rings.